The van der Waals surface area contributed by atoms with E-state index in [-0.39, 0.29) is 17.9 Å². The fraction of sp³-hybridized carbons (Fsp3) is 0.214. The summed E-state index contributed by atoms with van der Waals surface area (Å²) in [5.41, 5.74) is 0.920. The van der Waals surface area contributed by atoms with Gasteiger partial charge in [-0.05, 0) is 25.1 Å². The number of aromatic nitrogens is 4. The van der Waals surface area contributed by atoms with E-state index in [9.17, 15) is 9.59 Å². The average Bonchev–Trinajstić information content (AvgIpc) is 2.51. The second-order valence-electron chi connectivity index (χ2n) is 4.68. The Morgan fingerprint density at radius 2 is 2.13 bits per heavy atom. The van der Waals surface area contributed by atoms with Gasteiger partial charge in [-0.1, -0.05) is 11.6 Å². The van der Waals surface area contributed by atoms with E-state index in [2.05, 4.69) is 20.4 Å². The smallest absolute Gasteiger partial charge is 0.412 e. The van der Waals surface area contributed by atoms with Crippen molar-refractivity contribution in [2.75, 3.05) is 11.9 Å². The van der Waals surface area contributed by atoms with Gasteiger partial charge in [-0.2, -0.15) is 0 Å². The summed E-state index contributed by atoms with van der Waals surface area (Å²) in [7, 11) is 1.61. The number of carbonyl (C=O) groups is 1. The van der Waals surface area contributed by atoms with Gasteiger partial charge in [0.15, 0.2) is 11.2 Å². The van der Waals surface area contributed by atoms with Crippen molar-refractivity contribution in [2.45, 2.75) is 6.92 Å². The van der Waals surface area contributed by atoms with Crippen molar-refractivity contribution in [3.05, 3.63) is 33.4 Å². The number of anilines is 1. The highest BCUT2D eigenvalue weighted by Crippen LogP contribution is 2.18. The second-order valence-corrected chi connectivity index (χ2v) is 5.11. The van der Waals surface area contributed by atoms with Crippen LogP contribution in [0.2, 0.25) is 5.02 Å². The summed E-state index contributed by atoms with van der Waals surface area (Å²) in [6.45, 7) is 1.84. The lowest BCUT2D eigenvalue weighted by atomic mass is 10.3. The molecule has 3 rings (SSSR count). The van der Waals surface area contributed by atoms with Crippen molar-refractivity contribution in [3.8, 4) is 0 Å². The van der Waals surface area contributed by atoms with E-state index in [1.54, 1.807) is 32.2 Å². The van der Waals surface area contributed by atoms with Gasteiger partial charge in [0.05, 0.1) is 17.6 Å². The number of hydrogen-bond donors (Lipinski definition) is 1. The van der Waals surface area contributed by atoms with E-state index in [0.717, 1.165) is 0 Å². The molecule has 0 fully saturated rings. The fourth-order valence-electron chi connectivity index (χ4n) is 2.10. The molecular formula is C14H12ClN5O3. The van der Waals surface area contributed by atoms with E-state index >= 15 is 0 Å². The largest absolute Gasteiger partial charge is 0.450 e. The molecule has 1 N–H and O–H groups in total. The number of nitrogens with one attached hydrogen (secondary N) is 1. The molecule has 2 aromatic heterocycles. The number of nitrogens with zero attached hydrogens (tertiary/aromatic N) is 4. The standard InChI is InChI=1S/C14H12ClN5O3/c1-3-23-14(22)18-12-11(21)10-13(20(2)19-12)17-8-5-4-7(15)6-9(8)16-10/h4-6H,3H2,1-2H3,(H,18,19,22). The molecule has 1 amide bonds. The SMILES string of the molecule is CCOC(=O)Nc1nn(C)c2nc3ccc(Cl)cc3nc2c1=O. The molecule has 1 aromatic carbocycles. The highest BCUT2D eigenvalue weighted by Gasteiger charge is 2.15. The van der Waals surface area contributed by atoms with E-state index in [1.165, 1.54) is 4.68 Å². The molecule has 0 saturated heterocycles. The monoisotopic (exact) mass is 333 g/mol. The maximum Gasteiger partial charge on any atom is 0.412 e. The van der Waals surface area contributed by atoms with Crippen LogP contribution in [0.1, 0.15) is 6.92 Å². The van der Waals surface area contributed by atoms with Crippen LogP contribution in [-0.4, -0.2) is 32.4 Å². The van der Waals surface area contributed by atoms with Gasteiger partial charge in [0.25, 0.3) is 5.43 Å². The number of benzene rings is 1. The van der Waals surface area contributed by atoms with Crippen LogP contribution in [-0.2, 0) is 11.8 Å². The molecule has 0 saturated carbocycles. The number of fused-ring (bicyclic) bond motifs is 2. The molecule has 0 spiro atoms. The van der Waals surface area contributed by atoms with Gasteiger partial charge >= 0.3 is 6.09 Å². The Labute approximate surface area is 135 Å². The Bertz CT molecular complexity index is 985. The Morgan fingerprint density at radius 3 is 2.87 bits per heavy atom. The quantitative estimate of drug-likeness (QED) is 0.721. The van der Waals surface area contributed by atoms with E-state index < -0.39 is 11.5 Å². The Kier molecular flexibility index (Phi) is 3.83. The van der Waals surface area contributed by atoms with Gasteiger partial charge in [0.1, 0.15) is 0 Å². The van der Waals surface area contributed by atoms with E-state index in [1.807, 2.05) is 0 Å². The van der Waals surface area contributed by atoms with Gasteiger partial charge in [-0.25, -0.2) is 19.4 Å². The maximum absolute atomic E-state index is 12.5. The number of hydrogen-bond acceptors (Lipinski definition) is 6. The average molecular weight is 334 g/mol. The van der Waals surface area contributed by atoms with Crippen molar-refractivity contribution in [2.24, 2.45) is 7.05 Å². The highest BCUT2D eigenvalue weighted by molar-refractivity contribution is 6.31. The molecule has 0 atom stereocenters. The molecule has 0 radical (unpaired) electrons. The van der Waals surface area contributed by atoms with Crippen molar-refractivity contribution in [1.82, 2.24) is 19.7 Å². The predicted molar refractivity (Wildman–Crippen MR) is 85.7 cm³/mol. The van der Waals surface area contributed by atoms with Crippen molar-refractivity contribution < 1.29 is 9.53 Å². The van der Waals surface area contributed by atoms with Crippen LogP contribution in [0, 0.1) is 0 Å². The number of carbonyl (C=O) groups excluding carboxylic acids is 1. The Morgan fingerprint density at radius 1 is 1.35 bits per heavy atom. The molecular weight excluding hydrogens is 322 g/mol. The highest BCUT2D eigenvalue weighted by atomic mass is 35.5. The van der Waals surface area contributed by atoms with Gasteiger partial charge in [0, 0.05) is 12.1 Å². The summed E-state index contributed by atoms with van der Waals surface area (Å²) >= 11 is 5.94. The predicted octanol–water partition coefficient (Wildman–Crippen LogP) is 2.10. The first-order chi connectivity index (χ1) is 11.0. The number of halogens is 1. The number of rotatable bonds is 2. The zero-order valence-electron chi connectivity index (χ0n) is 12.3. The molecule has 0 unspecified atom stereocenters. The van der Waals surface area contributed by atoms with Gasteiger partial charge in [0.2, 0.25) is 5.82 Å². The third-order valence-electron chi connectivity index (χ3n) is 3.09. The first-order valence-electron chi connectivity index (χ1n) is 6.77. The molecule has 9 heteroatoms. The lowest BCUT2D eigenvalue weighted by molar-refractivity contribution is 0.167. The van der Waals surface area contributed by atoms with Crippen LogP contribution in [0.4, 0.5) is 10.6 Å². The zero-order chi connectivity index (χ0) is 16.6. The molecule has 118 valence electrons. The van der Waals surface area contributed by atoms with Crippen LogP contribution < -0.4 is 10.7 Å². The fourth-order valence-corrected chi connectivity index (χ4v) is 2.26. The minimum Gasteiger partial charge on any atom is -0.450 e. The van der Waals surface area contributed by atoms with E-state index in [4.69, 9.17) is 16.3 Å². The van der Waals surface area contributed by atoms with Crippen LogP contribution in [0.15, 0.2) is 23.0 Å². The lowest BCUT2D eigenvalue weighted by Crippen LogP contribution is -2.24. The summed E-state index contributed by atoms with van der Waals surface area (Å²) in [4.78, 5) is 32.6. The molecule has 23 heavy (non-hydrogen) atoms. The van der Waals surface area contributed by atoms with Crippen LogP contribution in [0.3, 0.4) is 0 Å². The summed E-state index contributed by atoms with van der Waals surface area (Å²) < 4.78 is 6.12. The minimum absolute atomic E-state index is 0.0871. The summed E-state index contributed by atoms with van der Waals surface area (Å²) in [6, 6.07) is 5.01. The van der Waals surface area contributed by atoms with Gasteiger partial charge in [-0.15, -0.1) is 5.10 Å². The van der Waals surface area contributed by atoms with Gasteiger partial charge in [-0.3, -0.25) is 10.1 Å². The number of aryl methyl sites for hydroxylation is 1. The molecule has 0 aliphatic rings. The number of ether oxygens (including phenoxy) is 1. The van der Waals surface area contributed by atoms with Crippen molar-refractivity contribution in [3.63, 3.8) is 0 Å². The summed E-state index contributed by atoms with van der Waals surface area (Å²) in [5, 5.41) is 6.80. The summed E-state index contributed by atoms with van der Waals surface area (Å²) in [6.07, 6.45) is -0.756. The normalized spacial score (nSPS) is 10.9. The van der Waals surface area contributed by atoms with Crippen LogP contribution >= 0.6 is 11.6 Å². The maximum atomic E-state index is 12.5. The lowest BCUT2D eigenvalue weighted by Gasteiger charge is -2.08. The van der Waals surface area contributed by atoms with Gasteiger partial charge < -0.3 is 4.74 Å². The first kappa shape index (κ1) is 15.2. The molecule has 0 aliphatic heterocycles. The molecule has 8 nitrogen and oxygen atoms in total. The van der Waals surface area contributed by atoms with Crippen molar-refractivity contribution in [1.29, 1.82) is 0 Å². The van der Waals surface area contributed by atoms with E-state index in [0.29, 0.717) is 21.7 Å². The topological polar surface area (TPSA) is 99.0 Å². The minimum atomic E-state index is -0.756. The molecule has 2 heterocycles. The third-order valence-corrected chi connectivity index (χ3v) is 3.33. The third kappa shape index (κ3) is 2.80. The molecule has 3 aromatic rings. The van der Waals surface area contributed by atoms with Crippen LogP contribution in [0.25, 0.3) is 22.2 Å². The van der Waals surface area contributed by atoms with Crippen LogP contribution in [0.5, 0.6) is 0 Å². The molecule has 0 aliphatic carbocycles. The first-order valence-corrected chi connectivity index (χ1v) is 7.15. The zero-order valence-corrected chi connectivity index (χ0v) is 13.1. The van der Waals surface area contributed by atoms with Crippen molar-refractivity contribution >= 4 is 45.7 Å². The molecule has 0 bridgehead atoms. The summed E-state index contributed by atoms with van der Waals surface area (Å²) in [5.74, 6) is -0.172. The Balaban J connectivity index is 2.22. The number of amides is 1. The second kappa shape index (κ2) is 5.81. The Hall–Kier alpha value is -2.74.